The number of carbonyl (C=O) groups is 3. The molecular weight excluding hydrogens is 452 g/mol. The van der Waals surface area contributed by atoms with Crippen molar-refractivity contribution in [2.45, 2.75) is 32.7 Å². The number of hydrogen-bond acceptors (Lipinski definition) is 7. The molecule has 1 N–H and O–H groups in total. The van der Waals surface area contributed by atoms with Gasteiger partial charge in [0.25, 0.3) is 5.78 Å². The molecule has 0 radical (unpaired) electrons. The number of esters is 1. The van der Waals surface area contributed by atoms with Gasteiger partial charge in [0, 0.05) is 5.56 Å². The van der Waals surface area contributed by atoms with Crippen LogP contribution in [0.5, 0.6) is 0 Å². The van der Waals surface area contributed by atoms with Crippen LogP contribution in [-0.2, 0) is 14.3 Å². The van der Waals surface area contributed by atoms with Gasteiger partial charge in [-0.25, -0.2) is 9.78 Å². The van der Waals surface area contributed by atoms with Gasteiger partial charge in [-0.2, -0.15) is 0 Å². The molecule has 1 aliphatic rings. The van der Waals surface area contributed by atoms with Crippen LogP contribution in [0.15, 0.2) is 60.2 Å². The highest BCUT2D eigenvalue weighted by molar-refractivity contribution is 7.17. The van der Waals surface area contributed by atoms with E-state index in [9.17, 15) is 19.5 Å². The Bertz CT molecular complexity index is 1290. The predicted octanol–water partition coefficient (Wildman–Crippen LogP) is 4.99. The number of carbonyl (C=O) groups excluding carboxylic acids is 3. The maximum absolute atomic E-state index is 13.3. The third-order valence-electron chi connectivity index (χ3n) is 5.77. The molecule has 34 heavy (non-hydrogen) atoms. The number of ketones is 1. The molecule has 1 saturated heterocycles. The second kappa shape index (κ2) is 9.23. The molecule has 1 aromatic heterocycles. The van der Waals surface area contributed by atoms with Crippen molar-refractivity contribution in [2.75, 3.05) is 12.0 Å². The zero-order valence-corrected chi connectivity index (χ0v) is 20.1. The van der Waals surface area contributed by atoms with E-state index in [2.05, 4.69) is 18.8 Å². The van der Waals surface area contributed by atoms with E-state index < -0.39 is 23.7 Å². The van der Waals surface area contributed by atoms with Crippen molar-refractivity contribution in [1.29, 1.82) is 0 Å². The summed E-state index contributed by atoms with van der Waals surface area (Å²) in [6.45, 7) is 5.78. The number of amides is 1. The summed E-state index contributed by atoms with van der Waals surface area (Å²) >= 11 is 0.974. The second-order valence-electron chi connectivity index (χ2n) is 8.26. The Morgan fingerprint density at radius 1 is 1.09 bits per heavy atom. The number of nitrogens with zero attached hydrogens (tertiary/aromatic N) is 2. The minimum absolute atomic E-state index is 0.0269. The molecule has 3 aromatic rings. The summed E-state index contributed by atoms with van der Waals surface area (Å²) in [6.07, 6.45) is 0. The van der Waals surface area contributed by atoms with Crippen LogP contribution in [0.4, 0.5) is 5.13 Å². The molecule has 174 valence electrons. The van der Waals surface area contributed by atoms with Crippen LogP contribution in [0.3, 0.4) is 0 Å². The van der Waals surface area contributed by atoms with Gasteiger partial charge in [-0.3, -0.25) is 14.5 Å². The highest BCUT2D eigenvalue weighted by atomic mass is 32.1. The Morgan fingerprint density at radius 2 is 1.74 bits per heavy atom. The average Bonchev–Trinajstić information content (AvgIpc) is 3.35. The van der Waals surface area contributed by atoms with Gasteiger partial charge in [0.15, 0.2) is 5.13 Å². The first-order chi connectivity index (χ1) is 16.2. The number of benzene rings is 2. The van der Waals surface area contributed by atoms with E-state index >= 15 is 0 Å². The maximum Gasteiger partial charge on any atom is 0.350 e. The quantitative estimate of drug-likeness (QED) is 0.241. The lowest BCUT2D eigenvalue weighted by Gasteiger charge is -2.23. The molecule has 2 aromatic carbocycles. The molecule has 7 nitrogen and oxygen atoms in total. The molecule has 1 amide bonds. The number of aliphatic hydroxyl groups is 1. The summed E-state index contributed by atoms with van der Waals surface area (Å²) in [5.74, 6) is -2.16. The number of hydrogen-bond donors (Lipinski definition) is 1. The first kappa shape index (κ1) is 23.4. The molecule has 1 aliphatic heterocycles. The summed E-state index contributed by atoms with van der Waals surface area (Å²) in [4.78, 5) is 44.5. The molecular formula is C26H24N2O5S. The lowest BCUT2D eigenvalue weighted by molar-refractivity contribution is -0.132. The van der Waals surface area contributed by atoms with Crippen molar-refractivity contribution < 1.29 is 24.2 Å². The molecule has 4 rings (SSSR count). The van der Waals surface area contributed by atoms with Crippen LogP contribution >= 0.6 is 11.3 Å². The predicted molar refractivity (Wildman–Crippen MR) is 130 cm³/mol. The van der Waals surface area contributed by atoms with Gasteiger partial charge in [-0.05, 0) is 24.0 Å². The SMILES string of the molecule is COC(=O)c1sc(N2C(=O)C(=O)C(=C(O)c3ccccc3)C2c2ccc(C(C)C)cc2)nc1C. The van der Waals surface area contributed by atoms with E-state index in [1.807, 2.05) is 24.3 Å². The molecule has 0 aliphatic carbocycles. The number of methoxy groups -OCH3 is 1. The fourth-order valence-corrected chi connectivity index (χ4v) is 4.94. The Kier molecular flexibility index (Phi) is 6.34. The van der Waals surface area contributed by atoms with E-state index in [0.717, 1.165) is 16.9 Å². The van der Waals surface area contributed by atoms with Gasteiger partial charge in [0.1, 0.15) is 10.6 Å². The molecule has 8 heteroatoms. The molecule has 1 unspecified atom stereocenters. The van der Waals surface area contributed by atoms with Gasteiger partial charge >= 0.3 is 11.9 Å². The van der Waals surface area contributed by atoms with Crippen molar-refractivity contribution in [1.82, 2.24) is 4.98 Å². The van der Waals surface area contributed by atoms with Crippen molar-refractivity contribution >= 4 is 39.9 Å². The molecule has 2 heterocycles. The molecule has 0 saturated carbocycles. The van der Waals surface area contributed by atoms with Gasteiger partial charge in [-0.1, -0.05) is 79.8 Å². The largest absolute Gasteiger partial charge is 0.507 e. The van der Waals surface area contributed by atoms with Crippen LogP contribution in [-0.4, -0.2) is 34.9 Å². The van der Waals surface area contributed by atoms with Crippen molar-refractivity contribution in [2.24, 2.45) is 0 Å². The smallest absolute Gasteiger partial charge is 0.350 e. The standard InChI is InChI=1S/C26H24N2O5S/c1-14(2)16-10-12-17(13-11-16)20-19(21(29)18-8-6-5-7-9-18)22(30)24(31)28(20)26-27-15(3)23(34-26)25(32)33-4/h5-14,20,29H,1-4H3. The van der Waals surface area contributed by atoms with Crippen molar-refractivity contribution in [3.05, 3.63) is 87.4 Å². The summed E-state index contributed by atoms with van der Waals surface area (Å²) in [7, 11) is 1.27. The number of ether oxygens (including phenoxy) is 1. The monoisotopic (exact) mass is 476 g/mol. The fraction of sp³-hybridized carbons (Fsp3) is 0.231. The number of rotatable bonds is 5. The Balaban J connectivity index is 1.92. The maximum atomic E-state index is 13.3. The number of aliphatic hydroxyl groups excluding tert-OH is 1. The van der Waals surface area contributed by atoms with Gasteiger partial charge in [0.2, 0.25) is 0 Å². The van der Waals surface area contributed by atoms with Gasteiger partial charge in [-0.15, -0.1) is 0 Å². The Labute approximate surface area is 201 Å². The molecule has 1 fully saturated rings. The number of aromatic nitrogens is 1. The highest BCUT2D eigenvalue weighted by Gasteiger charge is 2.48. The number of anilines is 1. The second-order valence-corrected chi connectivity index (χ2v) is 9.24. The van der Waals surface area contributed by atoms with Crippen LogP contribution in [0.1, 0.15) is 57.9 Å². The van der Waals surface area contributed by atoms with E-state index in [-0.39, 0.29) is 21.3 Å². The zero-order chi connectivity index (χ0) is 24.6. The van der Waals surface area contributed by atoms with Crippen molar-refractivity contribution in [3.63, 3.8) is 0 Å². The summed E-state index contributed by atoms with van der Waals surface area (Å²) in [5, 5.41) is 11.3. The molecule has 0 bridgehead atoms. The molecule has 1 atom stereocenters. The fourth-order valence-electron chi connectivity index (χ4n) is 3.93. The summed E-state index contributed by atoms with van der Waals surface area (Å²) in [5.41, 5.74) is 2.54. The number of thiazole rings is 1. The van der Waals surface area contributed by atoms with Gasteiger partial charge < -0.3 is 9.84 Å². The summed E-state index contributed by atoms with van der Waals surface area (Å²) < 4.78 is 4.82. The van der Waals surface area contributed by atoms with Crippen LogP contribution in [0.2, 0.25) is 0 Å². The topological polar surface area (TPSA) is 96.8 Å². The van der Waals surface area contributed by atoms with Crippen LogP contribution < -0.4 is 4.90 Å². The van der Waals surface area contributed by atoms with Crippen LogP contribution in [0, 0.1) is 6.92 Å². The van der Waals surface area contributed by atoms with Crippen LogP contribution in [0.25, 0.3) is 5.76 Å². The first-order valence-electron chi connectivity index (χ1n) is 10.8. The lowest BCUT2D eigenvalue weighted by Crippen LogP contribution is -2.29. The van der Waals surface area contributed by atoms with E-state index in [1.54, 1.807) is 37.3 Å². The minimum atomic E-state index is -0.905. The third kappa shape index (κ3) is 4.01. The Hall–Kier alpha value is -3.78. The first-order valence-corrected chi connectivity index (χ1v) is 11.6. The summed E-state index contributed by atoms with van der Waals surface area (Å²) in [6, 6.07) is 15.3. The minimum Gasteiger partial charge on any atom is -0.507 e. The number of Topliss-reactive ketones (excluding diaryl/α,β-unsaturated/α-hetero) is 1. The third-order valence-corrected chi connectivity index (χ3v) is 6.91. The van der Waals surface area contributed by atoms with E-state index in [4.69, 9.17) is 4.74 Å². The zero-order valence-electron chi connectivity index (χ0n) is 19.2. The van der Waals surface area contributed by atoms with E-state index in [1.165, 1.54) is 12.0 Å². The molecule has 0 spiro atoms. The normalized spacial score (nSPS) is 17.4. The number of aryl methyl sites for hydroxylation is 1. The van der Waals surface area contributed by atoms with Gasteiger partial charge in [0.05, 0.1) is 24.4 Å². The van der Waals surface area contributed by atoms with Crippen molar-refractivity contribution in [3.8, 4) is 0 Å². The average molecular weight is 477 g/mol. The highest BCUT2D eigenvalue weighted by Crippen LogP contribution is 2.44. The lowest BCUT2D eigenvalue weighted by atomic mass is 9.93. The Morgan fingerprint density at radius 3 is 2.32 bits per heavy atom. The van der Waals surface area contributed by atoms with E-state index in [0.29, 0.717) is 22.7 Å².